The summed E-state index contributed by atoms with van der Waals surface area (Å²) in [4.78, 5) is 0. The van der Waals surface area contributed by atoms with Crippen LogP contribution in [0.5, 0.6) is 0 Å². The zero-order valence-corrected chi connectivity index (χ0v) is 9.09. The molecular formula is C11H20O2. The summed E-state index contributed by atoms with van der Waals surface area (Å²) in [5.41, 5.74) is -0.197. The number of ether oxygens (including phenoxy) is 2. The molecule has 0 aromatic rings. The molecule has 0 saturated carbocycles. The van der Waals surface area contributed by atoms with Gasteiger partial charge in [-0.3, -0.25) is 0 Å². The first-order valence-electron chi connectivity index (χ1n) is 4.95. The van der Waals surface area contributed by atoms with Crippen LogP contribution in [0.4, 0.5) is 0 Å². The summed E-state index contributed by atoms with van der Waals surface area (Å²) in [6.45, 7) is 9.82. The first-order valence-corrected chi connectivity index (χ1v) is 4.95. The lowest BCUT2D eigenvalue weighted by molar-refractivity contribution is -0.243. The Morgan fingerprint density at radius 2 is 2.08 bits per heavy atom. The van der Waals surface area contributed by atoms with E-state index in [1.807, 2.05) is 13.0 Å². The fraction of sp³-hybridized carbons (Fsp3) is 0.818. The third kappa shape index (κ3) is 2.55. The first-order chi connectivity index (χ1) is 6.04. The molecule has 0 spiro atoms. The number of rotatable bonds is 4. The second-order valence-corrected chi connectivity index (χ2v) is 4.23. The van der Waals surface area contributed by atoms with E-state index in [1.54, 1.807) is 0 Å². The lowest BCUT2D eigenvalue weighted by Gasteiger charge is -2.45. The van der Waals surface area contributed by atoms with Crippen molar-refractivity contribution in [3.05, 3.63) is 12.2 Å². The van der Waals surface area contributed by atoms with Gasteiger partial charge in [-0.2, -0.15) is 0 Å². The molecule has 1 saturated heterocycles. The molecule has 2 nitrogen and oxygen atoms in total. The van der Waals surface area contributed by atoms with Gasteiger partial charge in [0, 0.05) is 0 Å². The summed E-state index contributed by atoms with van der Waals surface area (Å²) in [6, 6.07) is 0. The topological polar surface area (TPSA) is 18.5 Å². The molecule has 0 aromatic carbocycles. The van der Waals surface area contributed by atoms with Crippen LogP contribution >= 0.6 is 0 Å². The van der Waals surface area contributed by atoms with Gasteiger partial charge in [0.2, 0.25) is 0 Å². The lowest BCUT2D eigenvalue weighted by Crippen LogP contribution is -2.55. The molecule has 0 amide bonds. The minimum Gasteiger partial charge on any atom is -0.375 e. The molecule has 0 unspecified atom stereocenters. The van der Waals surface area contributed by atoms with Gasteiger partial charge in [0.15, 0.2) is 0 Å². The van der Waals surface area contributed by atoms with Crippen LogP contribution in [0.1, 0.15) is 34.1 Å². The van der Waals surface area contributed by atoms with Crippen molar-refractivity contribution in [3.8, 4) is 0 Å². The number of allylic oxidation sites excluding steroid dienone is 1. The van der Waals surface area contributed by atoms with Gasteiger partial charge in [-0.05, 0) is 27.2 Å². The van der Waals surface area contributed by atoms with Gasteiger partial charge in [-0.1, -0.05) is 19.1 Å². The summed E-state index contributed by atoms with van der Waals surface area (Å²) in [7, 11) is 0. The molecule has 1 aliphatic rings. The van der Waals surface area contributed by atoms with Crippen LogP contribution in [0, 0.1) is 0 Å². The highest BCUT2D eigenvalue weighted by molar-refractivity contribution is 4.99. The second-order valence-electron chi connectivity index (χ2n) is 4.23. The predicted octanol–water partition coefficient (Wildman–Crippen LogP) is 2.54. The standard InChI is InChI=1S/C11H20O2/c1-5-7-10(3,4)13-11(6-2)8-12-9-11/h5,7H,6,8-9H2,1-4H3. The van der Waals surface area contributed by atoms with Crippen molar-refractivity contribution in [1.29, 1.82) is 0 Å². The summed E-state index contributed by atoms with van der Waals surface area (Å²) in [5, 5.41) is 0. The van der Waals surface area contributed by atoms with Crippen molar-refractivity contribution in [2.24, 2.45) is 0 Å². The monoisotopic (exact) mass is 184 g/mol. The molecule has 1 fully saturated rings. The summed E-state index contributed by atoms with van der Waals surface area (Å²) in [6.07, 6.45) is 5.14. The normalized spacial score (nSPS) is 21.8. The minimum absolute atomic E-state index is 0.0248. The van der Waals surface area contributed by atoms with Crippen LogP contribution in [-0.2, 0) is 9.47 Å². The Morgan fingerprint density at radius 1 is 1.46 bits per heavy atom. The summed E-state index contributed by atoms with van der Waals surface area (Å²) < 4.78 is 11.2. The lowest BCUT2D eigenvalue weighted by atomic mass is 9.96. The molecule has 0 N–H and O–H groups in total. The van der Waals surface area contributed by atoms with Gasteiger partial charge < -0.3 is 9.47 Å². The molecule has 0 aromatic heterocycles. The third-order valence-corrected chi connectivity index (χ3v) is 2.42. The largest absolute Gasteiger partial charge is 0.375 e. The van der Waals surface area contributed by atoms with Gasteiger partial charge in [0.25, 0.3) is 0 Å². The average molecular weight is 184 g/mol. The Hall–Kier alpha value is -0.340. The molecule has 76 valence electrons. The predicted molar refractivity (Wildman–Crippen MR) is 53.8 cm³/mol. The molecule has 1 rings (SSSR count). The maximum absolute atomic E-state index is 6.04. The van der Waals surface area contributed by atoms with E-state index in [0.29, 0.717) is 0 Å². The Bertz CT molecular complexity index is 185. The number of hydrogen-bond acceptors (Lipinski definition) is 2. The van der Waals surface area contributed by atoms with Crippen LogP contribution in [0.2, 0.25) is 0 Å². The van der Waals surface area contributed by atoms with E-state index in [2.05, 4.69) is 26.8 Å². The fourth-order valence-corrected chi connectivity index (χ4v) is 1.66. The van der Waals surface area contributed by atoms with E-state index < -0.39 is 0 Å². The van der Waals surface area contributed by atoms with Gasteiger partial charge in [0.1, 0.15) is 5.60 Å². The first kappa shape index (κ1) is 10.7. The fourth-order valence-electron chi connectivity index (χ4n) is 1.66. The Morgan fingerprint density at radius 3 is 2.38 bits per heavy atom. The summed E-state index contributed by atoms with van der Waals surface area (Å²) in [5.74, 6) is 0. The molecule has 13 heavy (non-hydrogen) atoms. The minimum atomic E-state index is -0.172. The molecule has 0 aliphatic carbocycles. The highest BCUT2D eigenvalue weighted by Crippen LogP contribution is 2.31. The van der Waals surface area contributed by atoms with E-state index in [0.717, 1.165) is 19.6 Å². The molecule has 0 atom stereocenters. The van der Waals surface area contributed by atoms with Crippen molar-refractivity contribution < 1.29 is 9.47 Å². The molecule has 0 radical (unpaired) electrons. The van der Waals surface area contributed by atoms with Crippen LogP contribution in [-0.4, -0.2) is 24.4 Å². The van der Waals surface area contributed by atoms with E-state index in [4.69, 9.17) is 9.47 Å². The quantitative estimate of drug-likeness (QED) is 0.625. The number of hydrogen-bond donors (Lipinski definition) is 0. The molecular weight excluding hydrogens is 164 g/mol. The van der Waals surface area contributed by atoms with Crippen molar-refractivity contribution in [2.75, 3.05) is 13.2 Å². The van der Waals surface area contributed by atoms with Crippen molar-refractivity contribution >= 4 is 0 Å². The smallest absolute Gasteiger partial charge is 0.115 e. The van der Waals surface area contributed by atoms with Gasteiger partial charge in [-0.25, -0.2) is 0 Å². The van der Waals surface area contributed by atoms with E-state index >= 15 is 0 Å². The maximum Gasteiger partial charge on any atom is 0.115 e. The molecule has 0 bridgehead atoms. The summed E-state index contributed by atoms with van der Waals surface area (Å²) >= 11 is 0. The van der Waals surface area contributed by atoms with E-state index in [1.165, 1.54) is 0 Å². The zero-order chi connectivity index (χ0) is 9.95. The van der Waals surface area contributed by atoms with Crippen LogP contribution in [0.15, 0.2) is 12.2 Å². The van der Waals surface area contributed by atoms with Gasteiger partial charge in [-0.15, -0.1) is 0 Å². The highest BCUT2D eigenvalue weighted by atomic mass is 16.6. The van der Waals surface area contributed by atoms with Crippen LogP contribution in [0.25, 0.3) is 0 Å². The zero-order valence-electron chi connectivity index (χ0n) is 9.09. The van der Waals surface area contributed by atoms with E-state index in [-0.39, 0.29) is 11.2 Å². The Balaban J connectivity index is 2.55. The van der Waals surface area contributed by atoms with Crippen molar-refractivity contribution in [1.82, 2.24) is 0 Å². The highest BCUT2D eigenvalue weighted by Gasteiger charge is 2.41. The van der Waals surface area contributed by atoms with Crippen LogP contribution in [0.3, 0.4) is 0 Å². The SMILES string of the molecule is CC=CC(C)(C)OC1(CC)COC1. The molecule has 2 heteroatoms. The van der Waals surface area contributed by atoms with Crippen molar-refractivity contribution in [3.63, 3.8) is 0 Å². The maximum atomic E-state index is 6.04. The van der Waals surface area contributed by atoms with Gasteiger partial charge in [0.05, 0.1) is 18.8 Å². The Kier molecular flexibility index (Phi) is 3.14. The van der Waals surface area contributed by atoms with Gasteiger partial charge >= 0.3 is 0 Å². The second kappa shape index (κ2) is 3.81. The average Bonchev–Trinajstić information content (AvgIpc) is 1.97. The van der Waals surface area contributed by atoms with Crippen molar-refractivity contribution in [2.45, 2.75) is 45.3 Å². The Labute approximate surface area is 80.9 Å². The molecule has 1 aliphatic heterocycles. The molecule has 1 heterocycles. The third-order valence-electron chi connectivity index (χ3n) is 2.42. The van der Waals surface area contributed by atoms with Crippen LogP contribution < -0.4 is 0 Å². The van der Waals surface area contributed by atoms with E-state index in [9.17, 15) is 0 Å².